The lowest BCUT2D eigenvalue weighted by atomic mass is 10.3. The topological polar surface area (TPSA) is 110 Å². The van der Waals surface area contributed by atoms with Crippen molar-refractivity contribution in [2.24, 2.45) is 0 Å². The van der Waals surface area contributed by atoms with Crippen molar-refractivity contribution >= 4 is 11.6 Å². The van der Waals surface area contributed by atoms with Crippen LogP contribution < -0.4 is 0 Å². The van der Waals surface area contributed by atoms with E-state index >= 15 is 0 Å². The van der Waals surface area contributed by atoms with E-state index in [9.17, 15) is 14.9 Å². The normalized spacial score (nSPS) is 10.6. The molecule has 1 amide bonds. The van der Waals surface area contributed by atoms with Crippen LogP contribution in [0.4, 0.5) is 5.69 Å². The Bertz CT molecular complexity index is 661. The number of H-pyrrole nitrogens is 1. The van der Waals surface area contributed by atoms with Gasteiger partial charge in [-0.2, -0.15) is 10.2 Å². The fraction of sp³-hybridized carbons (Fsp3) is 0.417. The monoisotopic (exact) mass is 292 g/mol. The number of amides is 1. The van der Waals surface area contributed by atoms with Crippen molar-refractivity contribution in [1.82, 2.24) is 24.9 Å². The first-order chi connectivity index (χ1) is 9.90. The number of aromatic amines is 1. The van der Waals surface area contributed by atoms with Crippen molar-refractivity contribution in [3.8, 4) is 0 Å². The van der Waals surface area contributed by atoms with Gasteiger partial charge in [-0.15, -0.1) is 0 Å². The molecule has 2 aromatic rings. The molecule has 0 saturated carbocycles. The lowest BCUT2D eigenvalue weighted by Gasteiger charge is -2.16. The second kappa shape index (κ2) is 5.73. The number of likely N-dealkylation sites (N-methyl/N-ethyl adjacent to an activating group) is 1. The van der Waals surface area contributed by atoms with Gasteiger partial charge in [-0.1, -0.05) is 0 Å². The van der Waals surface area contributed by atoms with Crippen LogP contribution in [0.15, 0.2) is 12.4 Å². The minimum atomic E-state index is -0.478. The first-order valence-electron chi connectivity index (χ1n) is 6.30. The number of nitrogens with one attached hydrogen (secondary N) is 1. The summed E-state index contributed by atoms with van der Waals surface area (Å²) in [5, 5.41) is 21.5. The van der Waals surface area contributed by atoms with E-state index in [0.29, 0.717) is 17.9 Å². The lowest BCUT2D eigenvalue weighted by molar-refractivity contribution is -0.386. The summed E-state index contributed by atoms with van der Waals surface area (Å²) in [4.78, 5) is 24.1. The van der Waals surface area contributed by atoms with Crippen molar-refractivity contribution in [3.05, 3.63) is 39.5 Å². The van der Waals surface area contributed by atoms with Gasteiger partial charge in [-0.3, -0.25) is 24.7 Å². The molecule has 0 spiro atoms. The van der Waals surface area contributed by atoms with Crippen LogP contribution in [0.5, 0.6) is 0 Å². The zero-order valence-corrected chi connectivity index (χ0v) is 12.0. The maximum Gasteiger partial charge on any atom is 0.312 e. The molecule has 9 heteroatoms. The van der Waals surface area contributed by atoms with Crippen molar-refractivity contribution in [2.45, 2.75) is 26.9 Å². The molecule has 9 nitrogen and oxygen atoms in total. The molecule has 0 atom stereocenters. The molecule has 21 heavy (non-hydrogen) atoms. The minimum absolute atomic E-state index is 0.0329. The largest absolute Gasteiger partial charge is 0.340 e. The van der Waals surface area contributed by atoms with Crippen molar-refractivity contribution in [2.75, 3.05) is 7.05 Å². The Morgan fingerprint density at radius 3 is 2.76 bits per heavy atom. The summed E-state index contributed by atoms with van der Waals surface area (Å²) in [5.74, 6) is -0.184. The number of carbonyl (C=O) groups is 1. The van der Waals surface area contributed by atoms with Gasteiger partial charge in [0.2, 0.25) is 5.91 Å². The summed E-state index contributed by atoms with van der Waals surface area (Å²) < 4.78 is 1.36. The third-order valence-corrected chi connectivity index (χ3v) is 3.21. The summed E-state index contributed by atoms with van der Waals surface area (Å²) in [6.07, 6.45) is 3.34. The molecule has 2 rings (SSSR count). The standard InChI is InChI=1S/C12H16N6O3/c1-8-12(18(20)21)9(2)17(15-8)7-11(19)16(3)6-10-4-13-14-5-10/h4-5H,6-7H2,1-3H3,(H,13,14). The molecule has 0 aromatic carbocycles. The first kappa shape index (κ1) is 14.7. The molecule has 0 fully saturated rings. The van der Waals surface area contributed by atoms with E-state index in [1.807, 2.05) is 0 Å². The highest BCUT2D eigenvalue weighted by molar-refractivity contribution is 5.75. The third-order valence-electron chi connectivity index (χ3n) is 3.21. The molecule has 0 aliphatic carbocycles. The van der Waals surface area contributed by atoms with Crippen molar-refractivity contribution in [3.63, 3.8) is 0 Å². The summed E-state index contributed by atoms with van der Waals surface area (Å²) >= 11 is 0. The Hall–Kier alpha value is -2.71. The van der Waals surface area contributed by atoms with E-state index in [1.54, 1.807) is 33.3 Å². The average Bonchev–Trinajstić information content (AvgIpc) is 2.98. The van der Waals surface area contributed by atoms with Crippen LogP contribution in [0, 0.1) is 24.0 Å². The first-order valence-corrected chi connectivity index (χ1v) is 6.30. The maximum atomic E-state index is 12.1. The Kier molecular flexibility index (Phi) is 4.01. The van der Waals surface area contributed by atoms with Gasteiger partial charge in [-0.25, -0.2) is 0 Å². The van der Waals surface area contributed by atoms with E-state index < -0.39 is 4.92 Å². The second-order valence-electron chi connectivity index (χ2n) is 4.79. The van der Waals surface area contributed by atoms with Crippen LogP contribution in [-0.2, 0) is 17.9 Å². The van der Waals surface area contributed by atoms with Gasteiger partial charge in [0, 0.05) is 25.4 Å². The number of hydrogen-bond acceptors (Lipinski definition) is 5. The van der Waals surface area contributed by atoms with E-state index in [4.69, 9.17) is 0 Å². The quantitative estimate of drug-likeness (QED) is 0.647. The number of rotatable bonds is 5. The molecule has 0 saturated heterocycles. The SMILES string of the molecule is Cc1nn(CC(=O)N(C)Cc2cn[nH]c2)c(C)c1[N+](=O)[O-]. The van der Waals surface area contributed by atoms with Gasteiger partial charge in [0.15, 0.2) is 0 Å². The van der Waals surface area contributed by atoms with Gasteiger partial charge in [0.05, 0.1) is 11.1 Å². The van der Waals surface area contributed by atoms with Gasteiger partial charge < -0.3 is 4.90 Å². The predicted octanol–water partition coefficient (Wildman–Crippen LogP) is 0.790. The summed E-state index contributed by atoms with van der Waals surface area (Å²) in [7, 11) is 1.66. The number of aromatic nitrogens is 4. The molecular formula is C12H16N6O3. The fourth-order valence-electron chi connectivity index (χ4n) is 2.08. The average molecular weight is 292 g/mol. The van der Waals surface area contributed by atoms with Crippen molar-refractivity contribution < 1.29 is 9.72 Å². The van der Waals surface area contributed by atoms with Gasteiger partial charge in [0.25, 0.3) is 0 Å². The molecule has 0 radical (unpaired) electrons. The van der Waals surface area contributed by atoms with Crippen LogP contribution in [0.2, 0.25) is 0 Å². The van der Waals surface area contributed by atoms with Crippen LogP contribution >= 0.6 is 0 Å². The highest BCUT2D eigenvalue weighted by atomic mass is 16.6. The molecule has 0 aliphatic rings. The lowest BCUT2D eigenvalue weighted by Crippen LogP contribution is -2.30. The zero-order valence-electron chi connectivity index (χ0n) is 12.0. The van der Waals surface area contributed by atoms with E-state index in [1.165, 1.54) is 9.58 Å². The minimum Gasteiger partial charge on any atom is -0.340 e. The second-order valence-corrected chi connectivity index (χ2v) is 4.79. The number of carbonyl (C=O) groups excluding carboxylic acids is 1. The molecule has 0 bridgehead atoms. The molecule has 2 heterocycles. The van der Waals surface area contributed by atoms with Gasteiger partial charge in [-0.05, 0) is 13.8 Å². The van der Waals surface area contributed by atoms with E-state index in [0.717, 1.165) is 5.56 Å². The third kappa shape index (κ3) is 3.07. The molecule has 2 aromatic heterocycles. The molecule has 112 valence electrons. The molecule has 0 unspecified atom stereocenters. The Morgan fingerprint density at radius 1 is 1.52 bits per heavy atom. The predicted molar refractivity (Wildman–Crippen MR) is 73.4 cm³/mol. The fourth-order valence-corrected chi connectivity index (χ4v) is 2.08. The number of nitrogens with zero attached hydrogens (tertiary/aromatic N) is 5. The van der Waals surface area contributed by atoms with E-state index in [-0.39, 0.29) is 18.1 Å². The van der Waals surface area contributed by atoms with Gasteiger partial charge >= 0.3 is 5.69 Å². The number of aryl methyl sites for hydroxylation is 1. The molecule has 0 aliphatic heterocycles. The highest BCUT2D eigenvalue weighted by Crippen LogP contribution is 2.21. The Labute approximate surface area is 120 Å². The van der Waals surface area contributed by atoms with Crippen LogP contribution in [-0.4, -0.2) is 42.8 Å². The van der Waals surface area contributed by atoms with Crippen LogP contribution in [0.1, 0.15) is 17.0 Å². The summed E-state index contributed by atoms with van der Waals surface area (Å²) in [5.41, 5.74) is 1.52. The smallest absolute Gasteiger partial charge is 0.312 e. The summed E-state index contributed by atoms with van der Waals surface area (Å²) in [6.45, 7) is 3.52. The maximum absolute atomic E-state index is 12.1. The van der Waals surface area contributed by atoms with Crippen LogP contribution in [0.3, 0.4) is 0 Å². The van der Waals surface area contributed by atoms with Crippen LogP contribution in [0.25, 0.3) is 0 Å². The number of nitro groups is 1. The highest BCUT2D eigenvalue weighted by Gasteiger charge is 2.23. The Morgan fingerprint density at radius 2 is 2.24 bits per heavy atom. The molecule has 1 N–H and O–H groups in total. The van der Waals surface area contributed by atoms with E-state index in [2.05, 4.69) is 15.3 Å². The Balaban J connectivity index is 2.09. The number of hydrogen-bond donors (Lipinski definition) is 1. The zero-order chi connectivity index (χ0) is 15.6. The summed E-state index contributed by atoms with van der Waals surface area (Å²) in [6, 6.07) is 0. The van der Waals surface area contributed by atoms with Crippen molar-refractivity contribution in [1.29, 1.82) is 0 Å². The molecular weight excluding hydrogens is 276 g/mol. The van der Waals surface area contributed by atoms with Gasteiger partial charge in [0.1, 0.15) is 17.9 Å².